The SMILES string of the molecule is CCn1c(=O)c(=O)[nH]c2cc(-c3noc(-c4ccco4)n3)ccc21. The Morgan fingerprint density at radius 3 is 2.88 bits per heavy atom. The Morgan fingerprint density at radius 2 is 2.12 bits per heavy atom. The highest BCUT2D eigenvalue weighted by atomic mass is 16.5. The fourth-order valence-corrected chi connectivity index (χ4v) is 2.57. The highest BCUT2D eigenvalue weighted by molar-refractivity contribution is 5.80. The second-order valence-corrected chi connectivity index (χ2v) is 5.14. The van der Waals surface area contributed by atoms with Crippen molar-refractivity contribution < 1.29 is 8.94 Å². The van der Waals surface area contributed by atoms with Crippen molar-refractivity contribution in [1.82, 2.24) is 19.7 Å². The molecule has 3 aromatic heterocycles. The van der Waals surface area contributed by atoms with Crippen molar-refractivity contribution in [2.24, 2.45) is 0 Å². The molecule has 24 heavy (non-hydrogen) atoms. The van der Waals surface area contributed by atoms with Gasteiger partial charge in [0.2, 0.25) is 5.82 Å². The molecule has 0 radical (unpaired) electrons. The second-order valence-electron chi connectivity index (χ2n) is 5.14. The smallest absolute Gasteiger partial charge is 0.316 e. The van der Waals surface area contributed by atoms with Gasteiger partial charge in [-0.25, -0.2) is 0 Å². The maximum absolute atomic E-state index is 11.9. The summed E-state index contributed by atoms with van der Waals surface area (Å²) in [6.45, 7) is 2.21. The maximum atomic E-state index is 11.9. The van der Waals surface area contributed by atoms with Gasteiger partial charge in [-0.05, 0) is 37.3 Å². The summed E-state index contributed by atoms with van der Waals surface area (Å²) in [6.07, 6.45) is 1.52. The second kappa shape index (κ2) is 5.34. The van der Waals surface area contributed by atoms with E-state index in [9.17, 15) is 9.59 Å². The van der Waals surface area contributed by atoms with Crippen molar-refractivity contribution in [3.05, 3.63) is 57.3 Å². The molecule has 0 aliphatic rings. The average molecular weight is 324 g/mol. The fourth-order valence-electron chi connectivity index (χ4n) is 2.57. The van der Waals surface area contributed by atoms with Gasteiger partial charge < -0.3 is 18.5 Å². The molecule has 0 spiro atoms. The molecule has 8 nitrogen and oxygen atoms in total. The molecule has 1 N–H and O–H groups in total. The van der Waals surface area contributed by atoms with Crippen LogP contribution in [0.5, 0.6) is 0 Å². The van der Waals surface area contributed by atoms with E-state index in [-0.39, 0.29) is 5.89 Å². The van der Waals surface area contributed by atoms with Gasteiger partial charge in [-0.1, -0.05) is 5.16 Å². The first kappa shape index (κ1) is 14.2. The molecule has 0 saturated heterocycles. The highest BCUT2D eigenvalue weighted by Crippen LogP contribution is 2.24. The van der Waals surface area contributed by atoms with E-state index in [1.165, 1.54) is 10.8 Å². The van der Waals surface area contributed by atoms with Gasteiger partial charge in [0, 0.05) is 12.1 Å². The van der Waals surface area contributed by atoms with Crippen LogP contribution in [0.1, 0.15) is 6.92 Å². The third kappa shape index (κ3) is 2.16. The van der Waals surface area contributed by atoms with Crippen LogP contribution in [0.4, 0.5) is 0 Å². The molecule has 3 heterocycles. The third-order valence-electron chi connectivity index (χ3n) is 3.71. The minimum Gasteiger partial charge on any atom is -0.459 e. The third-order valence-corrected chi connectivity index (χ3v) is 3.71. The van der Waals surface area contributed by atoms with Crippen LogP contribution in [0.2, 0.25) is 0 Å². The van der Waals surface area contributed by atoms with Crippen LogP contribution < -0.4 is 11.1 Å². The van der Waals surface area contributed by atoms with Crippen molar-refractivity contribution >= 4 is 11.0 Å². The number of benzene rings is 1. The molecule has 120 valence electrons. The van der Waals surface area contributed by atoms with Gasteiger partial charge in [-0.3, -0.25) is 9.59 Å². The maximum Gasteiger partial charge on any atom is 0.316 e. The normalized spacial score (nSPS) is 11.2. The van der Waals surface area contributed by atoms with E-state index in [1.807, 2.05) is 6.92 Å². The van der Waals surface area contributed by atoms with Gasteiger partial charge in [-0.15, -0.1) is 0 Å². The van der Waals surface area contributed by atoms with Gasteiger partial charge in [0.15, 0.2) is 5.76 Å². The molecule has 0 unspecified atom stereocenters. The molecule has 0 bridgehead atoms. The van der Waals surface area contributed by atoms with Crippen molar-refractivity contribution in [3.8, 4) is 23.0 Å². The summed E-state index contributed by atoms with van der Waals surface area (Å²) in [5, 5.41) is 3.93. The Balaban J connectivity index is 1.85. The Hall–Kier alpha value is -3.42. The molecular weight excluding hydrogens is 312 g/mol. The van der Waals surface area contributed by atoms with Crippen molar-refractivity contribution in [2.75, 3.05) is 0 Å². The Labute approximate surface area is 134 Å². The van der Waals surface area contributed by atoms with E-state index in [1.54, 1.807) is 30.3 Å². The number of nitrogens with zero attached hydrogens (tertiary/aromatic N) is 3. The lowest BCUT2D eigenvalue weighted by Crippen LogP contribution is -2.35. The topological polar surface area (TPSA) is 107 Å². The Bertz CT molecular complexity index is 1140. The lowest BCUT2D eigenvalue weighted by molar-refractivity contribution is 0.417. The molecule has 0 atom stereocenters. The van der Waals surface area contributed by atoms with E-state index in [0.717, 1.165) is 0 Å². The molecule has 8 heteroatoms. The largest absolute Gasteiger partial charge is 0.459 e. The average Bonchev–Trinajstić information content (AvgIpc) is 3.27. The zero-order chi connectivity index (χ0) is 16.7. The van der Waals surface area contributed by atoms with Crippen LogP contribution in [0.25, 0.3) is 34.1 Å². The highest BCUT2D eigenvalue weighted by Gasteiger charge is 2.14. The molecule has 0 aliphatic carbocycles. The number of hydrogen-bond donors (Lipinski definition) is 1. The zero-order valence-corrected chi connectivity index (χ0v) is 12.6. The number of aryl methyl sites for hydroxylation is 1. The van der Waals surface area contributed by atoms with Crippen LogP contribution in [0.3, 0.4) is 0 Å². The van der Waals surface area contributed by atoms with Gasteiger partial charge in [0.25, 0.3) is 5.89 Å². The van der Waals surface area contributed by atoms with E-state index >= 15 is 0 Å². The van der Waals surface area contributed by atoms with Crippen LogP contribution in [-0.2, 0) is 6.54 Å². The number of nitrogens with one attached hydrogen (secondary N) is 1. The number of hydrogen-bond acceptors (Lipinski definition) is 6. The summed E-state index contributed by atoms with van der Waals surface area (Å²) in [5.74, 6) is 1.10. The number of H-pyrrole nitrogens is 1. The monoisotopic (exact) mass is 324 g/mol. The number of fused-ring (bicyclic) bond motifs is 1. The summed E-state index contributed by atoms with van der Waals surface area (Å²) in [7, 11) is 0. The molecule has 0 amide bonds. The van der Waals surface area contributed by atoms with Crippen LogP contribution in [-0.4, -0.2) is 19.7 Å². The van der Waals surface area contributed by atoms with Gasteiger partial charge in [0.1, 0.15) is 0 Å². The number of aromatic amines is 1. The van der Waals surface area contributed by atoms with E-state index in [2.05, 4.69) is 15.1 Å². The minimum absolute atomic E-state index is 0.266. The summed E-state index contributed by atoms with van der Waals surface area (Å²) in [5.41, 5.74) is 0.591. The first-order valence-corrected chi connectivity index (χ1v) is 7.32. The molecule has 0 saturated carbocycles. The zero-order valence-electron chi connectivity index (χ0n) is 12.6. The number of aromatic nitrogens is 4. The van der Waals surface area contributed by atoms with E-state index in [4.69, 9.17) is 8.94 Å². The van der Waals surface area contributed by atoms with Crippen LogP contribution in [0.15, 0.2) is 55.1 Å². The molecule has 4 rings (SSSR count). The molecule has 0 aliphatic heterocycles. The van der Waals surface area contributed by atoms with Crippen molar-refractivity contribution in [2.45, 2.75) is 13.5 Å². The predicted octanol–water partition coefficient (Wildman–Crippen LogP) is 2.02. The van der Waals surface area contributed by atoms with Gasteiger partial charge in [0.05, 0.1) is 17.3 Å². The van der Waals surface area contributed by atoms with Gasteiger partial charge >= 0.3 is 11.1 Å². The minimum atomic E-state index is -0.661. The number of furan rings is 1. The van der Waals surface area contributed by atoms with E-state index in [0.29, 0.717) is 34.7 Å². The molecule has 1 aromatic carbocycles. The standard InChI is InChI=1S/C16H12N4O4/c1-2-20-11-6-5-9(8-10(11)17-14(21)16(20)22)13-18-15(24-19-13)12-4-3-7-23-12/h3-8H,2H2,1H3,(H,17,21). The Morgan fingerprint density at radius 1 is 1.25 bits per heavy atom. The lowest BCUT2D eigenvalue weighted by Gasteiger charge is -2.07. The summed E-state index contributed by atoms with van der Waals surface area (Å²) in [4.78, 5) is 30.5. The predicted molar refractivity (Wildman–Crippen MR) is 85.5 cm³/mol. The Kier molecular flexibility index (Phi) is 3.16. The molecular formula is C16H12N4O4. The van der Waals surface area contributed by atoms with Crippen molar-refractivity contribution in [1.29, 1.82) is 0 Å². The van der Waals surface area contributed by atoms with Crippen molar-refractivity contribution in [3.63, 3.8) is 0 Å². The first-order valence-electron chi connectivity index (χ1n) is 7.32. The lowest BCUT2D eigenvalue weighted by atomic mass is 10.2. The number of rotatable bonds is 3. The van der Waals surface area contributed by atoms with Crippen LogP contribution in [0, 0.1) is 0 Å². The fraction of sp³-hybridized carbons (Fsp3) is 0.125. The summed E-state index contributed by atoms with van der Waals surface area (Å²) >= 11 is 0. The quantitative estimate of drug-likeness (QED) is 0.578. The molecule has 0 fully saturated rings. The van der Waals surface area contributed by atoms with E-state index < -0.39 is 11.1 Å². The first-order chi connectivity index (χ1) is 11.7. The van der Waals surface area contributed by atoms with Gasteiger partial charge in [-0.2, -0.15) is 4.98 Å². The summed E-state index contributed by atoms with van der Waals surface area (Å²) < 4.78 is 11.8. The molecule has 4 aromatic rings. The van der Waals surface area contributed by atoms with Crippen LogP contribution >= 0.6 is 0 Å². The summed E-state index contributed by atoms with van der Waals surface area (Å²) in [6, 6.07) is 8.66.